The lowest BCUT2D eigenvalue weighted by Crippen LogP contribution is -2.42. The molecular formula is C45H44N6O4. The van der Waals surface area contributed by atoms with Gasteiger partial charge in [0.1, 0.15) is 17.2 Å². The Balaban J connectivity index is 0.833. The number of carbonyl (C=O) groups is 2. The highest BCUT2D eigenvalue weighted by atomic mass is 16.6. The number of likely N-dealkylation sites (tertiary alicyclic amines) is 2. The summed E-state index contributed by atoms with van der Waals surface area (Å²) in [6.07, 6.45) is 6.98. The van der Waals surface area contributed by atoms with E-state index in [-0.39, 0.29) is 29.8 Å². The zero-order valence-electron chi connectivity index (χ0n) is 31.2. The van der Waals surface area contributed by atoms with Crippen molar-refractivity contribution in [3.63, 3.8) is 0 Å². The number of benzene rings is 4. The van der Waals surface area contributed by atoms with Gasteiger partial charge in [-0.05, 0) is 110 Å². The monoisotopic (exact) mass is 732 g/mol. The van der Waals surface area contributed by atoms with Gasteiger partial charge in [-0.2, -0.15) is 0 Å². The number of rotatable bonds is 7. The maximum Gasteiger partial charge on any atom is 0.411 e. The standard InChI is InChI=1S/C45H44N6O4/c1-44(2,3)55-43(54)50-37-19-33(37)20-38(50)40-46-25-36(49-40)32-16-15-30-17-29(13-14-31(30)18-32)27-9-11-28(12-10-27)35-24-47-41(48-35)39-21-34-23-45(34,51(39)42(52)53)22-26-7-5-4-6-8-26/h4-18,24-25,33-34,37-39H,19-23H2,1-3H3,(H,46,49)(H,47,48)(H,52,53)/t33-,34-,37-,38+,39+,45+/m1/s1. The number of H-pyrrole nitrogens is 2. The number of nitrogens with one attached hydrogen (secondary N) is 2. The second-order valence-electron chi connectivity index (χ2n) is 17.0. The van der Waals surface area contributed by atoms with Crippen LogP contribution in [-0.2, 0) is 11.2 Å². The highest BCUT2D eigenvalue weighted by Crippen LogP contribution is 2.63. The van der Waals surface area contributed by atoms with Gasteiger partial charge in [-0.25, -0.2) is 19.6 Å². The number of aromatic nitrogens is 4. The molecule has 4 heterocycles. The van der Waals surface area contributed by atoms with Crippen molar-refractivity contribution in [2.45, 2.75) is 82.1 Å². The van der Waals surface area contributed by atoms with E-state index in [4.69, 9.17) is 14.7 Å². The van der Waals surface area contributed by atoms with Crippen LogP contribution in [0, 0.1) is 11.8 Å². The lowest BCUT2D eigenvalue weighted by molar-refractivity contribution is 0.0175. The van der Waals surface area contributed by atoms with Crippen molar-refractivity contribution in [1.29, 1.82) is 0 Å². The molecule has 2 amide bonds. The van der Waals surface area contributed by atoms with E-state index >= 15 is 0 Å². The van der Waals surface area contributed by atoms with Crippen molar-refractivity contribution in [3.05, 3.63) is 121 Å². The van der Waals surface area contributed by atoms with Crippen molar-refractivity contribution >= 4 is 23.0 Å². The minimum atomic E-state index is -0.881. The second-order valence-corrected chi connectivity index (χ2v) is 17.0. The lowest BCUT2D eigenvalue weighted by Gasteiger charge is -2.31. The van der Waals surface area contributed by atoms with Crippen LogP contribution in [0.5, 0.6) is 0 Å². The Labute approximate surface area is 319 Å². The number of amides is 2. The molecule has 10 nitrogen and oxygen atoms in total. The molecule has 6 aromatic rings. The van der Waals surface area contributed by atoms with Crippen LogP contribution in [0.25, 0.3) is 44.4 Å². The average molecular weight is 733 g/mol. The minimum absolute atomic E-state index is 0.102. The van der Waals surface area contributed by atoms with E-state index in [0.717, 1.165) is 82.3 Å². The van der Waals surface area contributed by atoms with Crippen molar-refractivity contribution in [2.24, 2.45) is 11.8 Å². The molecule has 3 N–H and O–H groups in total. The first-order chi connectivity index (χ1) is 26.5. The summed E-state index contributed by atoms with van der Waals surface area (Å²) >= 11 is 0. The van der Waals surface area contributed by atoms with Crippen LogP contribution in [0.15, 0.2) is 103 Å². The summed E-state index contributed by atoms with van der Waals surface area (Å²) in [5.74, 6) is 2.38. The van der Waals surface area contributed by atoms with E-state index in [2.05, 4.69) is 82.8 Å². The predicted molar refractivity (Wildman–Crippen MR) is 210 cm³/mol. The quantitative estimate of drug-likeness (QED) is 0.150. The van der Waals surface area contributed by atoms with Crippen LogP contribution >= 0.6 is 0 Å². The number of carbonyl (C=O) groups excluding carboxylic acids is 1. The Morgan fingerprint density at radius 2 is 1.56 bits per heavy atom. The fourth-order valence-corrected chi connectivity index (χ4v) is 9.47. The summed E-state index contributed by atoms with van der Waals surface area (Å²) in [7, 11) is 0. The molecule has 2 aromatic heterocycles. The van der Waals surface area contributed by atoms with E-state index in [9.17, 15) is 14.7 Å². The molecule has 2 aliphatic carbocycles. The van der Waals surface area contributed by atoms with Gasteiger partial charge in [-0.3, -0.25) is 9.80 Å². The molecular weight excluding hydrogens is 689 g/mol. The highest BCUT2D eigenvalue weighted by Gasteiger charge is 2.67. The number of carboxylic acid groups (broad SMARTS) is 1. The fraction of sp³-hybridized carbons (Fsp3) is 0.333. The first-order valence-corrected chi connectivity index (χ1v) is 19.4. The molecule has 2 aliphatic heterocycles. The number of nitrogens with zero attached hydrogens (tertiary/aromatic N) is 4. The number of fused-ring (bicyclic) bond motifs is 3. The van der Waals surface area contributed by atoms with Gasteiger partial charge in [0.15, 0.2) is 0 Å². The number of hydrogen-bond donors (Lipinski definition) is 3. The molecule has 278 valence electrons. The van der Waals surface area contributed by atoms with Crippen molar-refractivity contribution < 1.29 is 19.4 Å². The third kappa shape index (κ3) is 5.95. The zero-order chi connectivity index (χ0) is 37.6. The van der Waals surface area contributed by atoms with Crippen LogP contribution in [0.4, 0.5) is 9.59 Å². The van der Waals surface area contributed by atoms with Gasteiger partial charge in [0.25, 0.3) is 0 Å². The topological polar surface area (TPSA) is 127 Å². The third-order valence-corrected chi connectivity index (χ3v) is 12.3. The lowest BCUT2D eigenvalue weighted by atomic mass is 9.98. The molecule has 0 unspecified atom stereocenters. The fourth-order valence-electron chi connectivity index (χ4n) is 9.47. The number of imidazole rings is 2. The summed E-state index contributed by atoms with van der Waals surface area (Å²) in [5, 5.41) is 12.6. The molecule has 0 spiro atoms. The van der Waals surface area contributed by atoms with Crippen LogP contribution in [0.1, 0.15) is 75.8 Å². The van der Waals surface area contributed by atoms with Gasteiger partial charge in [-0.15, -0.1) is 0 Å². The minimum Gasteiger partial charge on any atom is -0.465 e. The van der Waals surface area contributed by atoms with Crippen LogP contribution in [0.2, 0.25) is 0 Å². The number of aromatic amines is 2. The van der Waals surface area contributed by atoms with Gasteiger partial charge in [0.2, 0.25) is 0 Å². The first-order valence-electron chi connectivity index (χ1n) is 19.4. The average Bonchev–Trinajstić information content (AvgIpc) is 3.69. The van der Waals surface area contributed by atoms with Gasteiger partial charge in [0, 0.05) is 17.8 Å². The second kappa shape index (κ2) is 12.3. The Hall–Kier alpha value is -5.90. The van der Waals surface area contributed by atoms with E-state index in [1.807, 2.05) is 56.3 Å². The normalized spacial score (nSPS) is 25.2. The van der Waals surface area contributed by atoms with E-state index < -0.39 is 11.7 Å². The van der Waals surface area contributed by atoms with Crippen LogP contribution < -0.4 is 0 Å². The molecule has 4 fully saturated rings. The van der Waals surface area contributed by atoms with E-state index in [1.165, 1.54) is 5.56 Å². The van der Waals surface area contributed by atoms with Gasteiger partial charge in [-0.1, -0.05) is 78.9 Å². The maximum absolute atomic E-state index is 13.1. The summed E-state index contributed by atoms with van der Waals surface area (Å²) in [4.78, 5) is 45.8. The smallest absolute Gasteiger partial charge is 0.411 e. The number of hydrogen-bond acceptors (Lipinski definition) is 5. The molecule has 55 heavy (non-hydrogen) atoms. The van der Waals surface area contributed by atoms with Gasteiger partial charge in [0.05, 0.1) is 35.2 Å². The number of ether oxygens (including phenoxy) is 1. The van der Waals surface area contributed by atoms with Crippen molar-refractivity contribution in [1.82, 2.24) is 29.7 Å². The molecule has 10 heteroatoms. The molecule has 0 radical (unpaired) electrons. The molecule has 4 aromatic carbocycles. The summed E-state index contributed by atoms with van der Waals surface area (Å²) in [6.45, 7) is 5.71. The molecule has 4 aliphatic rings. The summed E-state index contributed by atoms with van der Waals surface area (Å²) in [6, 6.07) is 31.4. The third-order valence-electron chi connectivity index (χ3n) is 12.3. The maximum atomic E-state index is 13.1. The molecule has 10 rings (SSSR count). The predicted octanol–water partition coefficient (Wildman–Crippen LogP) is 9.78. The Morgan fingerprint density at radius 1 is 0.855 bits per heavy atom. The summed E-state index contributed by atoms with van der Waals surface area (Å²) in [5.41, 5.74) is 6.25. The van der Waals surface area contributed by atoms with Crippen LogP contribution in [0.3, 0.4) is 0 Å². The van der Waals surface area contributed by atoms with Gasteiger partial charge < -0.3 is 19.8 Å². The Morgan fingerprint density at radius 3 is 2.31 bits per heavy atom. The largest absolute Gasteiger partial charge is 0.465 e. The molecule has 0 bridgehead atoms. The molecule has 6 atom stereocenters. The van der Waals surface area contributed by atoms with Crippen molar-refractivity contribution in [3.8, 4) is 33.6 Å². The molecule has 2 saturated heterocycles. The van der Waals surface area contributed by atoms with Gasteiger partial charge >= 0.3 is 12.2 Å². The molecule has 2 saturated carbocycles. The van der Waals surface area contributed by atoms with E-state index in [1.54, 1.807) is 4.90 Å². The van der Waals surface area contributed by atoms with Crippen LogP contribution in [-0.4, -0.2) is 64.2 Å². The zero-order valence-corrected chi connectivity index (χ0v) is 31.2. The SMILES string of the molecule is CC(C)(C)OC(=O)N1[C@@H]2C[C@@H]2C[C@H]1c1nc(-c2ccc3cc(-c4ccc(-c5cnc([C@@H]6C[C@@H]7C[C@]7(Cc7ccccc7)N6C(=O)O)[nH]5)cc4)ccc3c2)c[nH]1. The highest BCUT2D eigenvalue weighted by molar-refractivity contribution is 5.90. The first kappa shape index (κ1) is 33.7. The summed E-state index contributed by atoms with van der Waals surface area (Å²) < 4.78 is 5.75. The Bertz CT molecular complexity index is 2450. The van der Waals surface area contributed by atoms with E-state index in [0.29, 0.717) is 17.7 Å². The number of piperidine rings is 2. The van der Waals surface area contributed by atoms with Crippen molar-refractivity contribution in [2.75, 3.05) is 0 Å². The Kier molecular flexibility index (Phi) is 7.53.